The van der Waals surface area contributed by atoms with Crippen LogP contribution in [-0.2, 0) is 22.0 Å². The summed E-state index contributed by atoms with van der Waals surface area (Å²) in [4.78, 5) is 12.9. The minimum Gasteiger partial charge on any atom is -0.348 e. The van der Waals surface area contributed by atoms with Crippen molar-refractivity contribution in [1.29, 1.82) is 0 Å². The molecule has 23 heavy (non-hydrogen) atoms. The molecule has 2 N–H and O–H groups in total. The highest BCUT2D eigenvalue weighted by molar-refractivity contribution is 7.94. The Morgan fingerprint density at radius 1 is 1.17 bits per heavy atom. The number of sulfonamides is 1. The molecule has 0 saturated carbocycles. The summed E-state index contributed by atoms with van der Waals surface area (Å²) in [6.45, 7) is 6.54. The quantitative estimate of drug-likeness (QED) is 0.893. The number of amides is 1. The first-order valence-electron chi connectivity index (χ1n) is 7.22. The molecule has 0 bridgehead atoms. The van der Waals surface area contributed by atoms with E-state index in [-0.39, 0.29) is 15.5 Å². The highest BCUT2D eigenvalue weighted by Gasteiger charge is 2.27. The fraction of sp³-hybridized carbons (Fsp3) is 0.312. The molecule has 7 heteroatoms. The molecule has 2 aromatic rings. The second-order valence-corrected chi connectivity index (χ2v) is 9.49. The van der Waals surface area contributed by atoms with Crippen molar-refractivity contribution >= 4 is 33.0 Å². The molecule has 0 fully saturated rings. The molecule has 0 saturated heterocycles. The van der Waals surface area contributed by atoms with Crippen LogP contribution in [0.3, 0.4) is 0 Å². The highest BCUT2D eigenvalue weighted by atomic mass is 32.2. The van der Waals surface area contributed by atoms with Crippen LogP contribution in [0.15, 0.2) is 34.5 Å². The normalized spacial score (nSPS) is 14.5. The number of anilines is 1. The van der Waals surface area contributed by atoms with E-state index in [2.05, 4.69) is 10.0 Å². The number of benzene rings is 1. The molecule has 0 aliphatic carbocycles. The van der Waals surface area contributed by atoms with Crippen molar-refractivity contribution in [1.82, 2.24) is 5.32 Å². The van der Waals surface area contributed by atoms with Gasteiger partial charge >= 0.3 is 0 Å². The molecule has 1 amide bonds. The van der Waals surface area contributed by atoms with Gasteiger partial charge in [-0.3, -0.25) is 9.52 Å². The second kappa shape index (κ2) is 5.35. The van der Waals surface area contributed by atoms with Crippen LogP contribution in [-0.4, -0.2) is 14.3 Å². The maximum absolute atomic E-state index is 12.6. The minimum absolute atomic E-state index is 0.105. The summed E-state index contributed by atoms with van der Waals surface area (Å²) >= 11 is 1.25. The van der Waals surface area contributed by atoms with Crippen molar-refractivity contribution in [2.24, 2.45) is 0 Å². The number of rotatable bonds is 3. The van der Waals surface area contributed by atoms with Gasteiger partial charge in [-0.25, -0.2) is 8.42 Å². The van der Waals surface area contributed by atoms with E-state index in [4.69, 9.17) is 0 Å². The molecule has 0 atom stereocenters. The van der Waals surface area contributed by atoms with Gasteiger partial charge in [0.15, 0.2) is 0 Å². The summed E-state index contributed by atoms with van der Waals surface area (Å²) in [7, 11) is -3.71. The lowest BCUT2D eigenvalue weighted by molar-refractivity contribution is 0.0966. The molecular weight excluding hydrogens is 332 g/mol. The summed E-state index contributed by atoms with van der Waals surface area (Å²) in [6.07, 6.45) is 0. The van der Waals surface area contributed by atoms with Crippen molar-refractivity contribution in [3.8, 4) is 0 Å². The zero-order valence-electron chi connectivity index (χ0n) is 13.1. The van der Waals surface area contributed by atoms with Gasteiger partial charge in [-0.05, 0) is 29.2 Å². The van der Waals surface area contributed by atoms with Crippen LogP contribution in [0.25, 0.3) is 0 Å². The first kappa shape index (κ1) is 16.0. The van der Waals surface area contributed by atoms with Gasteiger partial charge in [0.1, 0.15) is 4.21 Å². The first-order chi connectivity index (χ1) is 10.7. The smallest absolute Gasteiger partial charge is 0.271 e. The van der Waals surface area contributed by atoms with Gasteiger partial charge in [0.2, 0.25) is 0 Å². The zero-order valence-corrected chi connectivity index (χ0v) is 14.8. The molecule has 1 aliphatic heterocycles. The monoisotopic (exact) mass is 350 g/mol. The van der Waals surface area contributed by atoms with E-state index in [9.17, 15) is 13.2 Å². The van der Waals surface area contributed by atoms with Crippen molar-refractivity contribution in [3.63, 3.8) is 0 Å². The van der Waals surface area contributed by atoms with Crippen LogP contribution in [0.4, 0.5) is 5.69 Å². The molecular formula is C16H18N2O3S2. The van der Waals surface area contributed by atoms with Gasteiger partial charge in [-0.15, -0.1) is 11.3 Å². The average molecular weight is 350 g/mol. The Labute approximate surface area is 139 Å². The minimum atomic E-state index is -3.71. The third kappa shape index (κ3) is 2.98. The molecule has 0 unspecified atom stereocenters. The van der Waals surface area contributed by atoms with Crippen LogP contribution < -0.4 is 10.0 Å². The van der Waals surface area contributed by atoms with E-state index < -0.39 is 10.0 Å². The SMILES string of the molecule is CC(C)(C)c1ccc(S(=O)(=O)Nc2cccc3c2C(=O)NC3)s1. The number of fused-ring (bicyclic) bond motifs is 1. The average Bonchev–Trinajstić information content (AvgIpc) is 3.06. The van der Waals surface area contributed by atoms with Gasteiger partial charge < -0.3 is 5.32 Å². The Bertz CT molecular complexity index is 877. The van der Waals surface area contributed by atoms with E-state index in [1.54, 1.807) is 18.2 Å². The van der Waals surface area contributed by atoms with Gasteiger partial charge in [-0.2, -0.15) is 0 Å². The second-order valence-electron chi connectivity index (χ2n) is 6.50. The lowest BCUT2D eigenvalue weighted by atomic mass is 9.95. The molecule has 1 aromatic heterocycles. The zero-order chi connectivity index (χ0) is 16.8. The third-order valence-electron chi connectivity index (χ3n) is 3.65. The topological polar surface area (TPSA) is 75.3 Å². The fourth-order valence-electron chi connectivity index (χ4n) is 2.43. The number of hydrogen-bond acceptors (Lipinski definition) is 4. The number of hydrogen-bond donors (Lipinski definition) is 2. The largest absolute Gasteiger partial charge is 0.348 e. The van der Waals surface area contributed by atoms with E-state index in [0.29, 0.717) is 17.8 Å². The maximum Gasteiger partial charge on any atom is 0.271 e. The van der Waals surface area contributed by atoms with Crippen molar-refractivity contribution in [2.45, 2.75) is 36.9 Å². The molecule has 1 aliphatic rings. The standard InChI is InChI=1S/C16H18N2O3S2/c1-16(2,3)12-7-8-13(22-12)23(20,21)18-11-6-4-5-10-9-17-15(19)14(10)11/h4-8,18H,9H2,1-3H3,(H,17,19). The van der Waals surface area contributed by atoms with E-state index >= 15 is 0 Å². The molecule has 3 rings (SSSR count). The predicted molar refractivity (Wildman–Crippen MR) is 91.4 cm³/mol. The Morgan fingerprint density at radius 2 is 1.91 bits per heavy atom. The summed E-state index contributed by atoms with van der Waals surface area (Å²) in [5, 5.41) is 2.70. The van der Waals surface area contributed by atoms with Crippen LogP contribution in [0, 0.1) is 0 Å². The molecule has 0 spiro atoms. The molecule has 5 nitrogen and oxygen atoms in total. The first-order valence-corrected chi connectivity index (χ1v) is 9.52. The van der Waals surface area contributed by atoms with Gasteiger partial charge in [0.05, 0.1) is 11.3 Å². The Hall–Kier alpha value is -1.86. The summed E-state index contributed by atoms with van der Waals surface area (Å²) in [5.41, 5.74) is 1.43. The number of carbonyl (C=O) groups is 1. The van der Waals surface area contributed by atoms with Crippen LogP contribution in [0.5, 0.6) is 0 Å². The van der Waals surface area contributed by atoms with Gasteiger partial charge in [0.25, 0.3) is 15.9 Å². The van der Waals surface area contributed by atoms with Crippen molar-refractivity contribution in [2.75, 3.05) is 4.72 Å². The predicted octanol–water partition coefficient (Wildman–Crippen LogP) is 3.09. The lowest BCUT2D eigenvalue weighted by Gasteiger charge is -2.15. The van der Waals surface area contributed by atoms with Gasteiger partial charge in [-0.1, -0.05) is 32.9 Å². The van der Waals surface area contributed by atoms with E-state index in [0.717, 1.165) is 10.4 Å². The van der Waals surface area contributed by atoms with E-state index in [1.165, 1.54) is 11.3 Å². The van der Waals surface area contributed by atoms with Crippen molar-refractivity contribution < 1.29 is 13.2 Å². The Kier molecular flexibility index (Phi) is 3.72. The third-order valence-corrected chi connectivity index (χ3v) is 7.02. The Balaban J connectivity index is 1.96. The molecule has 0 radical (unpaired) electrons. The van der Waals surface area contributed by atoms with Crippen LogP contribution >= 0.6 is 11.3 Å². The van der Waals surface area contributed by atoms with Crippen LogP contribution in [0.1, 0.15) is 41.6 Å². The Morgan fingerprint density at radius 3 is 2.57 bits per heavy atom. The summed E-state index contributed by atoms with van der Waals surface area (Å²) in [5.74, 6) is -0.250. The summed E-state index contributed by atoms with van der Waals surface area (Å²) in [6, 6.07) is 8.61. The number of nitrogens with one attached hydrogen (secondary N) is 2. The molecule has 2 heterocycles. The number of thiophene rings is 1. The fourth-order valence-corrected chi connectivity index (χ4v) is 4.86. The van der Waals surface area contributed by atoms with Crippen molar-refractivity contribution in [3.05, 3.63) is 46.3 Å². The maximum atomic E-state index is 12.6. The van der Waals surface area contributed by atoms with E-state index in [1.807, 2.05) is 32.9 Å². The van der Waals surface area contributed by atoms with Crippen LogP contribution in [0.2, 0.25) is 0 Å². The molecule has 1 aromatic carbocycles. The number of carbonyl (C=O) groups excluding carboxylic acids is 1. The highest BCUT2D eigenvalue weighted by Crippen LogP contribution is 2.33. The molecule has 122 valence electrons. The van der Waals surface area contributed by atoms with Gasteiger partial charge in [0, 0.05) is 11.4 Å². The summed E-state index contributed by atoms with van der Waals surface area (Å²) < 4.78 is 28.0. The lowest BCUT2D eigenvalue weighted by Crippen LogP contribution is -2.17.